The highest BCUT2D eigenvalue weighted by Gasteiger charge is 2.20. The summed E-state index contributed by atoms with van der Waals surface area (Å²) >= 11 is 0. The van der Waals surface area contributed by atoms with Gasteiger partial charge in [0.15, 0.2) is 0 Å². The summed E-state index contributed by atoms with van der Waals surface area (Å²) in [6.07, 6.45) is 4.45. The van der Waals surface area contributed by atoms with Crippen LogP contribution in [0.2, 0.25) is 0 Å². The van der Waals surface area contributed by atoms with Crippen molar-refractivity contribution in [1.82, 2.24) is 10.3 Å². The molecule has 1 atom stereocenters. The maximum absolute atomic E-state index is 10.7. The number of aliphatic hydroxyl groups excluding tert-OH is 1. The number of aromatic nitrogens is 1. The molecule has 0 aliphatic carbocycles. The van der Waals surface area contributed by atoms with Gasteiger partial charge in [-0.05, 0) is 25.0 Å². The molecule has 1 amide bonds. The maximum atomic E-state index is 10.7. The smallest absolute Gasteiger partial charge is 0.247 e. The van der Waals surface area contributed by atoms with Crippen molar-refractivity contribution in [3.8, 4) is 0 Å². The van der Waals surface area contributed by atoms with Crippen molar-refractivity contribution in [3.05, 3.63) is 24.5 Å². The second-order valence-electron chi connectivity index (χ2n) is 4.79. The molecule has 1 aliphatic rings. The Morgan fingerprint density at radius 3 is 2.68 bits per heavy atom. The molecule has 1 aromatic rings. The van der Waals surface area contributed by atoms with Crippen molar-refractivity contribution in [3.63, 3.8) is 0 Å². The van der Waals surface area contributed by atoms with Gasteiger partial charge in [-0.3, -0.25) is 9.78 Å². The molecule has 0 radical (unpaired) electrons. The van der Waals surface area contributed by atoms with E-state index in [4.69, 9.17) is 5.73 Å². The van der Waals surface area contributed by atoms with Gasteiger partial charge in [0.2, 0.25) is 5.91 Å². The number of hydrogen-bond acceptors (Lipinski definition) is 5. The first-order chi connectivity index (χ1) is 9.16. The molecule has 1 fully saturated rings. The average Bonchev–Trinajstić information content (AvgIpc) is 2.46. The predicted octanol–water partition coefficient (Wildman–Crippen LogP) is -0.514. The highest BCUT2D eigenvalue weighted by Crippen LogP contribution is 2.18. The Bertz CT molecular complexity index is 404. The lowest BCUT2D eigenvalue weighted by molar-refractivity contribution is -0.125. The fraction of sp³-hybridized carbons (Fsp3) is 0.538. The van der Waals surface area contributed by atoms with Crippen LogP contribution in [0.1, 0.15) is 12.8 Å². The first-order valence-corrected chi connectivity index (χ1v) is 6.52. The van der Waals surface area contributed by atoms with Gasteiger partial charge in [-0.25, -0.2) is 0 Å². The minimum Gasteiger partial charge on any atom is -0.382 e. The minimum atomic E-state index is -1.10. The van der Waals surface area contributed by atoms with Gasteiger partial charge in [0, 0.05) is 43.8 Å². The Hall–Kier alpha value is -1.66. The van der Waals surface area contributed by atoms with Crippen molar-refractivity contribution in [2.45, 2.75) is 25.0 Å². The molecule has 0 spiro atoms. The van der Waals surface area contributed by atoms with E-state index in [1.54, 1.807) is 12.4 Å². The van der Waals surface area contributed by atoms with E-state index in [9.17, 15) is 9.90 Å². The first kappa shape index (κ1) is 13.8. The largest absolute Gasteiger partial charge is 0.382 e. The van der Waals surface area contributed by atoms with Gasteiger partial charge in [0.05, 0.1) is 0 Å². The zero-order valence-corrected chi connectivity index (χ0v) is 10.8. The number of primary amides is 1. The SMILES string of the molecule is NC(=O)C(O)CNC1CCN(c2ccncc2)CC1. The van der Waals surface area contributed by atoms with E-state index in [0.29, 0.717) is 6.04 Å². The Morgan fingerprint density at radius 2 is 2.11 bits per heavy atom. The van der Waals surface area contributed by atoms with Gasteiger partial charge in [-0.2, -0.15) is 0 Å². The summed E-state index contributed by atoms with van der Waals surface area (Å²) in [7, 11) is 0. The summed E-state index contributed by atoms with van der Waals surface area (Å²) in [5.41, 5.74) is 6.19. The number of nitrogens with one attached hydrogen (secondary N) is 1. The third-order valence-electron chi connectivity index (χ3n) is 3.45. The van der Waals surface area contributed by atoms with Gasteiger partial charge < -0.3 is 21.1 Å². The highest BCUT2D eigenvalue weighted by atomic mass is 16.3. The van der Waals surface area contributed by atoms with Crippen LogP contribution < -0.4 is 16.0 Å². The molecule has 6 heteroatoms. The lowest BCUT2D eigenvalue weighted by atomic mass is 10.0. The summed E-state index contributed by atoms with van der Waals surface area (Å²) in [6.45, 7) is 2.14. The topological polar surface area (TPSA) is 91.5 Å². The van der Waals surface area contributed by atoms with E-state index in [1.807, 2.05) is 12.1 Å². The molecule has 0 saturated carbocycles. The number of hydrogen-bond donors (Lipinski definition) is 3. The van der Waals surface area contributed by atoms with Crippen LogP contribution in [0, 0.1) is 0 Å². The normalized spacial score (nSPS) is 18.3. The van der Waals surface area contributed by atoms with Crippen LogP contribution in [0.15, 0.2) is 24.5 Å². The Labute approximate surface area is 112 Å². The Balaban J connectivity index is 1.75. The molecule has 2 rings (SSSR count). The van der Waals surface area contributed by atoms with Gasteiger partial charge in [-0.15, -0.1) is 0 Å². The minimum absolute atomic E-state index is 0.231. The monoisotopic (exact) mass is 264 g/mol. The molecular weight excluding hydrogens is 244 g/mol. The van der Waals surface area contributed by atoms with E-state index in [0.717, 1.165) is 25.9 Å². The standard InChI is InChI=1S/C13H20N4O2/c14-13(19)12(18)9-16-10-3-7-17(8-4-10)11-1-5-15-6-2-11/h1-2,5-6,10,12,16,18H,3-4,7-9H2,(H2,14,19). The number of pyridine rings is 1. The number of nitrogens with zero attached hydrogens (tertiary/aromatic N) is 2. The van der Waals surface area contributed by atoms with Crippen LogP contribution in [-0.2, 0) is 4.79 Å². The summed E-state index contributed by atoms with van der Waals surface area (Å²) in [4.78, 5) is 17.0. The average molecular weight is 264 g/mol. The fourth-order valence-corrected chi connectivity index (χ4v) is 2.28. The highest BCUT2D eigenvalue weighted by molar-refractivity contribution is 5.78. The molecule has 2 heterocycles. The quantitative estimate of drug-likeness (QED) is 0.666. The molecule has 4 N–H and O–H groups in total. The van der Waals surface area contributed by atoms with Crippen molar-refractivity contribution < 1.29 is 9.90 Å². The predicted molar refractivity (Wildman–Crippen MR) is 72.7 cm³/mol. The molecule has 0 aromatic carbocycles. The number of amides is 1. The molecular formula is C13H20N4O2. The third-order valence-corrected chi connectivity index (χ3v) is 3.45. The molecule has 1 saturated heterocycles. The van der Waals surface area contributed by atoms with Crippen LogP contribution in [0.3, 0.4) is 0 Å². The second-order valence-corrected chi connectivity index (χ2v) is 4.79. The van der Waals surface area contributed by atoms with Crippen molar-refractivity contribution >= 4 is 11.6 Å². The number of aliphatic hydroxyl groups is 1. The maximum Gasteiger partial charge on any atom is 0.247 e. The zero-order chi connectivity index (χ0) is 13.7. The van der Waals surface area contributed by atoms with Gasteiger partial charge in [0.25, 0.3) is 0 Å². The van der Waals surface area contributed by atoms with Crippen molar-refractivity contribution in [1.29, 1.82) is 0 Å². The van der Waals surface area contributed by atoms with E-state index in [-0.39, 0.29) is 6.54 Å². The van der Waals surface area contributed by atoms with Crippen LogP contribution in [0.25, 0.3) is 0 Å². The third kappa shape index (κ3) is 3.90. The second kappa shape index (κ2) is 6.49. The van der Waals surface area contributed by atoms with Gasteiger partial charge in [-0.1, -0.05) is 0 Å². The van der Waals surface area contributed by atoms with Gasteiger partial charge in [0.1, 0.15) is 6.10 Å². The van der Waals surface area contributed by atoms with Crippen LogP contribution >= 0.6 is 0 Å². The van der Waals surface area contributed by atoms with E-state index < -0.39 is 12.0 Å². The number of piperidine rings is 1. The number of nitrogens with two attached hydrogens (primary N) is 1. The molecule has 19 heavy (non-hydrogen) atoms. The van der Waals surface area contributed by atoms with Crippen LogP contribution in [0.4, 0.5) is 5.69 Å². The summed E-state index contributed by atoms with van der Waals surface area (Å²) < 4.78 is 0. The van der Waals surface area contributed by atoms with Crippen LogP contribution in [-0.4, -0.2) is 47.8 Å². The molecule has 104 valence electrons. The number of rotatable bonds is 5. The number of anilines is 1. The summed E-state index contributed by atoms with van der Waals surface area (Å²) in [5.74, 6) is -0.679. The number of carbonyl (C=O) groups is 1. The van der Waals surface area contributed by atoms with Crippen molar-refractivity contribution in [2.75, 3.05) is 24.5 Å². The molecule has 1 aromatic heterocycles. The summed E-state index contributed by atoms with van der Waals surface area (Å²) in [5, 5.41) is 12.5. The van der Waals surface area contributed by atoms with E-state index in [1.165, 1.54) is 5.69 Å². The van der Waals surface area contributed by atoms with Gasteiger partial charge >= 0.3 is 0 Å². The first-order valence-electron chi connectivity index (χ1n) is 6.52. The Kier molecular flexibility index (Phi) is 4.70. The zero-order valence-electron chi connectivity index (χ0n) is 10.8. The lowest BCUT2D eigenvalue weighted by Crippen LogP contribution is -2.46. The fourth-order valence-electron chi connectivity index (χ4n) is 2.28. The molecule has 6 nitrogen and oxygen atoms in total. The molecule has 0 bridgehead atoms. The molecule has 1 unspecified atom stereocenters. The van der Waals surface area contributed by atoms with E-state index >= 15 is 0 Å². The Morgan fingerprint density at radius 1 is 1.47 bits per heavy atom. The van der Waals surface area contributed by atoms with Crippen molar-refractivity contribution in [2.24, 2.45) is 5.73 Å². The van der Waals surface area contributed by atoms with E-state index in [2.05, 4.69) is 15.2 Å². The number of carbonyl (C=O) groups excluding carboxylic acids is 1. The molecule has 1 aliphatic heterocycles. The van der Waals surface area contributed by atoms with Crippen LogP contribution in [0.5, 0.6) is 0 Å². The lowest BCUT2D eigenvalue weighted by Gasteiger charge is -2.34. The summed E-state index contributed by atoms with van der Waals surface area (Å²) in [6, 6.07) is 4.34.